The maximum Gasteiger partial charge on any atom is 0.252 e. The first kappa shape index (κ1) is 30.4. The Labute approximate surface area is 277 Å². The van der Waals surface area contributed by atoms with E-state index in [9.17, 15) is 0 Å². The van der Waals surface area contributed by atoms with E-state index in [4.69, 9.17) is 0 Å². The van der Waals surface area contributed by atoms with Crippen LogP contribution in [0.4, 0.5) is 34.1 Å². The smallest absolute Gasteiger partial charge is 0.252 e. The van der Waals surface area contributed by atoms with E-state index >= 15 is 0 Å². The zero-order chi connectivity index (χ0) is 32.3. The first-order valence-corrected chi connectivity index (χ1v) is 17.3. The van der Waals surface area contributed by atoms with Gasteiger partial charge in [0.1, 0.15) is 0 Å². The molecular weight excluding hydrogens is 555 g/mol. The number of hydrogen-bond acceptors (Lipinski definition) is 2. The molecule has 232 valence electrons. The number of anilines is 6. The van der Waals surface area contributed by atoms with Gasteiger partial charge < -0.3 is 9.80 Å². The Morgan fingerprint density at radius 1 is 0.500 bits per heavy atom. The van der Waals surface area contributed by atoms with Crippen LogP contribution < -0.4 is 26.2 Å². The molecule has 0 aromatic heterocycles. The molecule has 0 atom stereocenters. The molecule has 5 aromatic carbocycles. The van der Waals surface area contributed by atoms with Gasteiger partial charge in [-0.15, -0.1) is 0 Å². The van der Waals surface area contributed by atoms with Crippen LogP contribution >= 0.6 is 0 Å². The van der Waals surface area contributed by atoms with Crippen molar-refractivity contribution in [3.05, 3.63) is 123 Å². The molecule has 0 saturated carbocycles. The van der Waals surface area contributed by atoms with E-state index in [1.54, 1.807) is 0 Å². The summed E-state index contributed by atoms with van der Waals surface area (Å²) in [6.45, 7) is 18.3. The molecular formula is C43H47BN2. The largest absolute Gasteiger partial charge is 0.311 e. The molecule has 2 aliphatic rings. The average Bonchev–Trinajstić information content (AvgIpc) is 3.00. The third-order valence-electron chi connectivity index (χ3n) is 10.3. The van der Waals surface area contributed by atoms with Crippen molar-refractivity contribution in [1.82, 2.24) is 0 Å². The predicted octanol–water partition coefficient (Wildman–Crippen LogP) is 10.1. The second-order valence-electron chi connectivity index (χ2n) is 14.1. The second kappa shape index (κ2) is 11.8. The number of benzene rings is 5. The number of unbranched alkanes of at least 4 members (excludes halogenated alkanes) is 3. The topological polar surface area (TPSA) is 6.48 Å². The Morgan fingerprint density at radius 2 is 1.00 bits per heavy atom. The van der Waals surface area contributed by atoms with Crippen LogP contribution in [0.2, 0.25) is 0 Å². The van der Waals surface area contributed by atoms with Gasteiger partial charge in [0, 0.05) is 22.7 Å². The highest BCUT2D eigenvalue weighted by Gasteiger charge is 2.43. The summed E-state index contributed by atoms with van der Waals surface area (Å²) >= 11 is 0. The van der Waals surface area contributed by atoms with Crippen molar-refractivity contribution < 1.29 is 0 Å². The van der Waals surface area contributed by atoms with Crippen LogP contribution in [0.25, 0.3) is 0 Å². The first-order valence-electron chi connectivity index (χ1n) is 17.3. The highest BCUT2D eigenvalue weighted by molar-refractivity contribution is 7.00. The molecule has 46 heavy (non-hydrogen) atoms. The molecule has 0 unspecified atom stereocenters. The van der Waals surface area contributed by atoms with E-state index in [0.717, 1.165) is 6.42 Å². The molecule has 0 spiro atoms. The van der Waals surface area contributed by atoms with Gasteiger partial charge in [-0.1, -0.05) is 97.5 Å². The maximum absolute atomic E-state index is 2.59. The molecule has 0 amide bonds. The molecule has 0 radical (unpaired) electrons. The van der Waals surface area contributed by atoms with Crippen LogP contribution in [0.1, 0.15) is 77.1 Å². The number of nitrogens with zero attached hydrogens (tertiary/aromatic N) is 2. The van der Waals surface area contributed by atoms with Crippen molar-refractivity contribution in [2.24, 2.45) is 0 Å². The van der Waals surface area contributed by atoms with Crippen molar-refractivity contribution in [1.29, 1.82) is 0 Å². The van der Waals surface area contributed by atoms with Crippen LogP contribution in [-0.4, -0.2) is 6.71 Å². The van der Waals surface area contributed by atoms with E-state index in [1.807, 2.05) is 0 Å². The number of rotatable bonds is 7. The van der Waals surface area contributed by atoms with Crippen LogP contribution in [0.15, 0.2) is 78.9 Å². The lowest BCUT2D eigenvalue weighted by Crippen LogP contribution is -2.61. The highest BCUT2D eigenvalue weighted by Crippen LogP contribution is 2.47. The van der Waals surface area contributed by atoms with Gasteiger partial charge in [0.25, 0.3) is 6.71 Å². The van der Waals surface area contributed by atoms with Gasteiger partial charge in [-0.3, -0.25) is 0 Å². The Morgan fingerprint density at radius 3 is 1.50 bits per heavy atom. The normalized spacial score (nSPS) is 13.1. The number of fused-ring (bicyclic) bond motifs is 4. The summed E-state index contributed by atoms with van der Waals surface area (Å²) in [5, 5.41) is 0. The van der Waals surface area contributed by atoms with E-state index in [0.29, 0.717) is 0 Å². The minimum atomic E-state index is 0.160. The van der Waals surface area contributed by atoms with Crippen LogP contribution in [0.3, 0.4) is 0 Å². The van der Waals surface area contributed by atoms with Crippen molar-refractivity contribution >= 4 is 57.2 Å². The third-order valence-corrected chi connectivity index (χ3v) is 10.3. The Bertz CT molecular complexity index is 1940. The lowest BCUT2D eigenvalue weighted by atomic mass is 9.33. The minimum Gasteiger partial charge on any atom is -0.311 e. The predicted molar refractivity (Wildman–Crippen MR) is 201 cm³/mol. The summed E-state index contributed by atoms with van der Waals surface area (Å²) in [6.07, 6.45) is 6.32. The molecule has 2 aliphatic heterocycles. The summed E-state index contributed by atoms with van der Waals surface area (Å²) in [4.78, 5) is 5.15. The number of aryl methyl sites for hydroxylation is 8. The first-order chi connectivity index (χ1) is 22.2. The maximum atomic E-state index is 2.59. The molecule has 0 N–H and O–H groups in total. The third kappa shape index (κ3) is 4.96. The Kier molecular flexibility index (Phi) is 7.83. The van der Waals surface area contributed by atoms with Crippen molar-refractivity contribution in [2.45, 2.75) is 87.5 Å². The molecule has 0 bridgehead atoms. The summed E-state index contributed by atoms with van der Waals surface area (Å²) < 4.78 is 0. The van der Waals surface area contributed by atoms with E-state index in [-0.39, 0.29) is 6.71 Å². The van der Waals surface area contributed by atoms with Gasteiger partial charge >= 0.3 is 0 Å². The minimum absolute atomic E-state index is 0.160. The van der Waals surface area contributed by atoms with Crippen LogP contribution in [-0.2, 0) is 6.42 Å². The van der Waals surface area contributed by atoms with Gasteiger partial charge in [0.05, 0.1) is 11.4 Å². The fraction of sp³-hybridized carbons (Fsp3) is 0.302. The number of hydrogen-bond donors (Lipinski definition) is 0. The van der Waals surface area contributed by atoms with Crippen LogP contribution in [0.5, 0.6) is 0 Å². The van der Waals surface area contributed by atoms with Gasteiger partial charge in [0.2, 0.25) is 0 Å². The summed E-state index contributed by atoms with van der Waals surface area (Å²) in [5.74, 6) is 0. The van der Waals surface area contributed by atoms with E-state index in [1.165, 1.54) is 121 Å². The van der Waals surface area contributed by atoms with Gasteiger partial charge in [-0.2, -0.15) is 0 Å². The SMILES string of the molecule is CCCCCCc1cc(C)c(N2c3ccc(C)cc3B3c4cc(C)ccc4N(c4c(C)cc(C)cc4C)c4cccc2c43)c(C)c1. The summed E-state index contributed by atoms with van der Waals surface area (Å²) in [7, 11) is 0. The van der Waals surface area contributed by atoms with Gasteiger partial charge in [0.15, 0.2) is 0 Å². The molecule has 0 aliphatic carbocycles. The Hall–Kier alpha value is -4.24. The highest BCUT2D eigenvalue weighted by atomic mass is 15.2. The van der Waals surface area contributed by atoms with Crippen LogP contribution in [0, 0.1) is 48.5 Å². The molecule has 3 heteroatoms. The monoisotopic (exact) mass is 602 g/mol. The standard InChI is InChI=1S/C43H47BN2/c1-9-10-11-12-14-34-25-32(7)43(33(8)26-34)46-38-20-18-28(3)24-36(38)44-35-23-27(2)17-19-37(35)45(39-15-13-16-40(46)41(39)44)42-30(5)21-29(4)22-31(42)6/h13,15-26H,9-12,14H2,1-8H3. The molecule has 0 fully saturated rings. The lowest BCUT2D eigenvalue weighted by Gasteiger charge is -2.45. The molecule has 2 nitrogen and oxygen atoms in total. The average molecular weight is 603 g/mol. The molecule has 7 rings (SSSR count). The van der Waals surface area contributed by atoms with E-state index < -0.39 is 0 Å². The lowest BCUT2D eigenvalue weighted by molar-refractivity contribution is 0.666. The van der Waals surface area contributed by atoms with Crippen molar-refractivity contribution in [3.63, 3.8) is 0 Å². The molecule has 0 saturated heterocycles. The van der Waals surface area contributed by atoms with E-state index in [2.05, 4.69) is 144 Å². The molecule has 2 heterocycles. The van der Waals surface area contributed by atoms with Crippen molar-refractivity contribution in [2.75, 3.05) is 9.80 Å². The Balaban J connectivity index is 1.49. The zero-order valence-corrected chi connectivity index (χ0v) is 29.0. The fourth-order valence-electron chi connectivity index (χ4n) is 8.49. The summed E-state index contributed by atoms with van der Waals surface area (Å²) in [6, 6.07) is 30.7. The van der Waals surface area contributed by atoms with Gasteiger partial charge in [-0.25, -0.2) is 0 Å². The summed E-state index contributed by atoms with van der Waals surface area (Å²) in [5.41, 5.74) is 22.7. The van der Waals surface area contributed by atoms with Crippen molar-refractivity contribution in [3.8, 4) is 0 Å². The molecule has 5 aromatic rings. The fourth-order valence-corrected chi connectivity index (χ4v) is 8.49. The zero-order valence-electron chi connectivity index (χ0n) is 29.0. The van der Waals surface area contributed by atoms with Gasteiger partial charge in [-0.05, 0) is 130 Å². The quantitative estimate of drug-likeness (QED) is 0.132. The second-order valence-corrected chi connectivity index (χ2v) is 14.1.